The summed E-state index contributed by atoms with van der Waals surface area (Å²) in [6.07, 6.45) is 0.223. The smallest absolute Gasteiger partial charge is 0.150 e. The van der Waals surface area contributed by atoms with Crippen molar-refractivity contribution < 1.29 is 14.6 Å². The van der Waals surface area contributed by atoms with Crippen LogP contribution in [0.25, 0.3) is 0 Å². The lowest BCUT2D eigenvalue weighted by Crippen LogP contribution is -2.42. The second kappa shape index (κ2) is 6.52. The molecule has 0 heterocycles. The Balaban J connectivity index is 2.33. The maximum absolute atomic E-state index is 10.5. The number of ether oxygens (including phenoxy) is 1. The van der Waals surface area contributed by atoms with Gasteiger partial charge in [-0.25, -0.2) is 0 Å². The largest absolute Gasteiger partial charge is 0.491 e. The number of aldehydes is 1. The first kappa shape index (κ1) is 14.7. The molecular formula is C14H21NO3. The molecule has 1 aromatic carbocycles. The molecule has 0 amide bonds. The van der Waals surface area contributed by atoms with E-state index in [0.29, 0.717) is 17.9 Å². The molecular weight excluding hydrogens is 230 g/mol. The first-order valence-corrected chi connectivity index (χ1v) is 6.02. The molecule has 1 rings (SSSR count). The van der Waals surface area contributed by atoms with Crippen molar-refractivity contribution in [1.82, 2.24) is 5.32 Å². The van der Waals surface area contributed by atoms with Gasteiger partial charge in [0, 0.05) is 17.6 Å². The van der Waals surface area contributed by atoms with Crippen LogP contribution in [0.15, 0.2) is 24.3 Å². The van der Waals surface area contributed by atoms with Gasteiger partial charge in [-0.1, -0.05) is 0 Å². The Morgan fingerprint density at radius 2 is 1.94 bits per heavy atom. The molecule has 4 heteroatoms. The molecule has 0 aromatic heterocycles. The standard InChI is InChI=1S/C14H21NO3/c1-14(2,3)15-8-12(17)10-18-13-6-4-11(9-16)5-7-13/h4-7,9,12,15,17H,8,10H2,1-3H3/t12-/m1/s1. The van der Waals surface area contributed by atoms with E-state index >= 15 is 0 Å². The average Bonchev–Trinajstić information content (AvgIpc) is 2.33. The number of carbonyl (C=O) groups excluding carboxylic acids is 1. The van der Waals surface area contributed by atoms with E-state index < -0.39 is 6.10 Å². The highest BCUT2D eigenvalue weighted by molar-refractivity contribution is 5.74. The van der Waals surface area contributed by atoms with Crippen molar-refractivity contribution in [3.8, 4) is 5.75 Å². The Labute approximate surface area is 108 Å². The zero-order valence-corrected chi connectivity index (χ0v) is 11.1. The fourth-order valence-corrected chi connectivity index (χ4v) is 1.32. The Morgan fingerprint density at radius 1 is 1.33 bits per heavy atom. The molecule has 0 unspecified atom stereocenters. The SMILES string of the molecule is CC(C)(C)NC[C@@H](O)COc1ccc(C=O)cc1. The molecule has 0 radical (unpaired) electrons. The van der Waals surface area contributed by atoms with Crippen molar-refractivity contribution in [2.75, 3.05) is 13.2 Å². The third-order valence-corrected chi connectivity index (χ3v) is 2.33. The van der Waals surface area contributed by atoms with Gasteiger partial charge in [-0.2, -0.15) is 0 Å². The Bertz CT molecular complexity index is 368. The summed E-state index contributed by atoms with van der Waals surface area (Å²) in [5, 5.41) is 12.9. The second-order valence-electron chi connectivity index (χ2n) is 5.28. The predicted molar refractivity (Wildman–Crippen MR) is 71.1 cm³/mol. The van der Waals surface area contributed by atoms with Gasteiger partial charge in [0.1, 0.15) is 24.7 Å². The third kappa shape index (κ3) is 5.80. The maximum Gasteiger partial charge on any atom is 0.150 e. The van der Waals surface area contributed by atoms with E-state index in [1.54, 1.807) is 24.3 Å². The van der Waals surface area contributed by atoms with Crippen LogP contribution in [0.1, 0.15) is 31.1 Å². The van der Waals surface area contributed by atoms with Crippen LogP contribution in [0.2, 0.25) is 0 Å². The molecule has 4 nitrogen and oxygen atoms in total. The molecule has 0 spiro atoms. The molecule has 2 N–H and O–H groups in total. The molecule has 100 valence electrons. The number of nitrogens with one attached hydrogen (secondary N) is 1. The van der Waals surface area contributed by atoms with E-state index in [4.69, 9.17) is 4.74 Å². The van der Waals surface area contributed by atoms with Gasteiger partial charge in [0.15, 0.2) is 0 Å². The fraction of sp³-hybridized carbons (Fsp3) is 0.500. The fourth-order valence-electron chi connectivity index (χ4n) is 1.32. The van der Waals surface area contributed by atoms with E-state index in [-0.39, 0.29) is 12.1 Å². The Morgan fingerprint density at radius 3 is 2.44 bits per heavy atom. The van der Waals surface area contributed by atoms with Crippen LogP contribution < -0.4 is 10.1 Å². The lowest BCUT2D eigenvalue weighted by molar-refractivity contribution is 0.1000. The summed E-state index contributed by atoms with van der Waals surface area (Å²) < 4.78 is 5.43. The molecule has 1 aromatic rings. The van der Waals surface area contributed by atoms with E-state index in [1.165, 1.54) is 0 Å². The summed E-state index contributed by atoms with van der Waals surface area (Å²) in [6, 6.07) is 6.80. The molecule has 0 aliphatic heterocycles. The van der Waals surface area contributed by atoms with E-state index in [2.05, 4.69) is 5.32 Å². The number of hydrogen-bond acceptors (Lipinski definition) is 4. The summed E-state index contributed by atoms with van der Waals surface area (Å²) in [7, 11) is 0. The van der Waals surface area contributed by atoms with E-state index in [1.807, 2.05) is 20.8 Å². The van der Waals surface area contributed by atoms with Crippen molar-refractivity contribution in [3.05, 3.63) is 29.8 Å². The molecule has 0 aliphatic carbocycles. The number of aliphatic hydroxyl groups is 1. The van der Waals surface area contributed by atoms with Gasteiger partial charge in [0.05, 0.1) is 0 Å². The average molecular weight is 251 g/mol. The second-order valence-corrected chi connectivity index (χ2v) is 5.28. The van der Waals surface area contributed by atoms with Crippen molar-refractivity contribution in [3.63, 3.8) is 0 Å². The summed E-state index contributed by atoms with van der Waals surface area (Å²) in [4.78, 5) is 10.5. The topological polar surface area (TPSA) is 58.6 Å². The summed E-state index contributed by atoms with van der Waals surface area (Å²) in [6.45, 7) is 6.83. The summed E-state index contributed by atoms with van der Waals surface area (Å²) in [5.41, 5.74) is 0.587. The number of aliphatic hydroxyl groups excluding tert-OH is 1. The molecule has 0 bridgehead atoms. The van der Waals surface area contributed by atoms with Crippen LogP contribution in [-0.4, -0.2) is 36.2 Å². The van der Waals surface area contributed by atoms with Crippen LogP contribution in [0.5, 0.6) is 5.75 Å². The molecule has 0 saturated heterocycles. The highest BCUT2D eigenvalue weighted by Crippen LogP contribution is 2.11. The quantitative estimate of drug-likeness (QED) is 0.754. The van der Waals surface area contributed by atoms with Crippen LogP contribution >= 0.6 is 0 Å². The highest BCUT2D eigenvalue weighted by Gasteiger charge is 2.12. The minimum absolute atomic E-state index is 0.0212. The molecule has 18 heavy (non-hydrogen) atoms. The van der Waals surface area contributed by atoms with Gasteiger partial charge >= 0.3 is 0 Å². The lowest BCUT2D eigenvalue weighted by atomic mass is 10.1. The van der Waals surface area contributed by atoms with Gasteiger partial charge < -0.3 is 15.2 Å². The zero-order chi connectivity index (χ0) is 13.6. The van der Waals surface area contributed by atoms with E-state index in [9.17, 15) is 9.90 Å². The van der Waals surface area contributed by atoms with Crippen molar-refractivity contribution in [2.24, 2.45) is 0 Å². The summed E-state index contributed by atoms with van der Waals surface area (Å²) in [5.74, 6) is 0.649. The van der Waals surface area contributed by atoms with Gasteiger partial charge in [0.25, 0.3) is 0 Å². The van der Waals surface area contributed by atoms with E-state index in [0.717, 1.165) is 6.29 Å². The van der Waals surface area contributed by atoms with Crippen molar-refractivity contribution >= 4 is 6.29 Å². The maximum atomic E-state index is 10.5. The number of hydrogen-bond donors (Lipinski definition) is 2. The first-order chi connectivity index (χ1) is 8.40. The first-order valence-electron chi connectivity index (χ1n) is 6.02. The third-order valence-electron chi connectivity index (χ3n) is 2.33. The predicted octanol–water partition coefficient (Wildman–Crippen LogP) is 1.63. The van der Waals surface area contributed by atoms with Crippen molar-refractivity contribution in [1.29, 1.82) is 0 Å². The van der Waals surface area contributed by atoms with Gasteiger partial charge in [-0.15, -0.1) is 0 Å². The van der Waals surface area contributed by atoms with Crippen LogP contribution in [0.4, 0.5) is 0 Å². The Kier molecular flexibility index (Phi) is 5.31. The minimum Gasteiger partial charge on any atom is -0.491 e. The molecule has 0 aliphatic rings. The number of β-amino-alcohol motifs (C(OH)–C–C–N with tert-alkyl or cyclic N) is 1. The number of rotatable bonds is 6. The lowest BCUT2D eigenvalue weighted by Gasteiger charge is -2.22. The highest BCUT2D eigenvalue weighted by atomic mass is 16.5. The minimum atomic E-state index is -0.560. The monoisotopic (exact) mass is 251 g/mol. The van der Waals surface area contributed by atoms with Crippen LogP contribution in [0, 0.1) is 0 Å². The molecule has 1 atom stereocenters. The van der Waals surface area contributed by atoms with Gasteiger partial charge in [-0.05, 0) is 45.0 Å². The Hall–Kier alpha value is -1.39. The zero-order valence-electron chi connectivity index (χ0n) is 11.1. The number of benzene rings is 1. The number of carbonyl (C=O) groups is 1. The van der Waals surface area contributed by atoms with Gasteiger partial charge in [0.2, 0.25) is 0 Å². The van der Waals surface area contributed by atoms with Crippen molar-refractivity contribution in [2.45, 2.75) is 32.4 Å². The molecule has 0 fully saturated rings. The van der Waals surface area contributed by atoms with Gasteiger partial charge in [-0.3, -0.25) is 4.79 Å². The van der Waals surface area contributed by atoms with Crippen LogP contribution in [0.3, 0.4) is 0 Å². The normalized spacial score (nSPS) is 13.1. The van der Waals surface area contributed by atoms with Crippen LogP contribution in [-0.2, 0) is 0 Å². The molecule has 0 saturated carbocycles. The summed E-state index contributed by atoms with van der Waals surface area (Å²) >= 11 is 0.